The van der Waals surface area contributed by atoms with Gasteiger partial charge in [-0.25, -0.2) is 0 Å². The van der Waals surface area contributed by atoms with Crippen molar-refractivity contribution in [3.05, 3.63) is 0 Å². The van der Waals surface area contributed by atoms with Crippen LogP contribution < -0.4 is 10.2 Å². The molecule has 0 aliphatic rings. The summed E-state index contributed by atoms with van der Waals surface area (Å²) in [5, 5.41) is 20.2. The van der Waals surface area contributed by atoms with Gasteiger partial charge in [0.05, 0.1) is 0 Å². The van der Waals surface area contributed by atoms with Crippen LogP contribution in [0.15, 0.2) is 0 Å². The minimum absolute atomic E-state index is 0. The molecule has 0 aromatic rings. The molecule has 0 N–H and O–H groups in total. The maximum absolute atomic E-state index is 10.1. The van der Waals surface area contributed by atoms with Crippen LogP contribution in [0.1, 0.15) is 64.2 Å². The molecule has 4 nitrogen and oxygen atoms in total. The van der Waals surface area contributed by atoms with Crippen LogP contribution in [-0.2, 0) is 26.4 Å². The molecule has 0 saturated carbocycles. The van der Waals surface area contributed by atoms with Crippen molar-refractivity contribution < 1.29 is 36.6 Å². The number of aliphatic carboxylic acids is 2. The smallest absolute Gasteiger partial charge is 0.550 e. The number of carbonyl (C=O) groups excluding carboxylic acids is 2. The average molecular weight is 287 g/mol. The minimum Gasteiger partial charge on any atom is -0.550 e. The van der Waals surface area contributed by atoms with Gasteiger partial charge in [-0.1, -0.05) is 38.5 Å². The number of unbranched alkanes of at least 4 members (excludes halogenated alkanes) is 7. The third-order valence-electron chi connectivity index (χ3n) is 2.51. The van der Waals surface area contributed by atoms with E-state index in [0.29, 0.717) is 12.8 Å². The molecule has 0 saturated heterocycles. The van der Waals surface area contributed by atoms with Gasteiger partial charge in [0.1, 0.15) is 0 Å². The molecule has 0 heterocycles. The zero-order valence-corrected chi connectivity index (χ0v) is 11.1. The third-order valence-corrected chi connectivity index (χ3v) is 2.51. The van der Waals surface area contributed by atoms with E-state index in [2.05, 4.69) is 0 Å². The van der Waals surface area contributed by atoms with Gasteiger partial charge in [0, 0.05) is 11.9 Å². The largest absolute Gasteiger partial charge is 2.00 e. The van der Waals surface area contributed by atoms with Crippen molar-refractivity contribution in [1.82, 2.24) is 0 Å². The topological polar surface area (TPSA) is 80.3 Å². The van der Waals surface area contributed by atoms with E-state index in [1.165, 1.54) is 0 Å². The number of carboxylic acids is 2. The molecular weight excluding hydrogens is 267 g/mol. The molecule has 0 rings (SSSR count). The third kappa shape index (κ3) is 18.0. The van der Waals surface area contributed by atoms with Crippen LogP contribution in [-0.4, -0.2) is 11.9 Å². The summed E-state index contributed by atoms with van der Waals surface area (Å²) < 4.78 is 0. The summed E-state index contributed by atoms with van der Waals surface area (Å²) in [5.74, 6) is -1.94. The normalized spacial score (nSPS) is 9.65. The number of carboxylic acid groups (broad SMARTS) is 2. The second-order valence-corrected chi connectivity index (χ2v) is 4.07. The summed E-state index contributed by atoms with van der Waals surface area (Å²) in [6.45, 7) is 0. The number of rotatable bonds is 11. The van der Waals surface area contributed by atoms with Crippen LogP contribution in [0.3, 0.4) is 0 Å². The Labute approximate surface area is 113 Å². The van der Waals surface area contributed by atoms with Crippen molar-refractivity contribution in [1.29, 1.82) is 0 Å². The maximum Gasteiger partial charge on any atom is 2.00 e. The molecule has 0 spiro atoms. The first-order valence-electron chi connectivity index (χ1n) is 6.02. The molecule has 0 atom stereocenters. The summed E-state index contributed by atoms with van der Waals surface area (Å²) in [6.07, 6.45) is 7.88. The van der Waals surface area contributed by atoms with Crippen molar-refractivity contribution in [2.24, 2.45) is 0 Å². The van der Waals surface area contributed by atoms with Crippen molar-refractivity contribution >= 4 is 11.9 Å². The van der Waals surface area contributed by atoms with Gasteiger partial charge in [0.2, 0.25) is 0 Å². The SMILES string of the molecule is O=C([O-])CCCCCCCCCCC(=O)[O-].[Co+2]. The average Bonchev–Trinajstić information content (AvgIpc) is 2.20. The summed E-state index contributed by atoms with van der Waals surface area (Å²) in [7, 11) is 0. The van der Waals surface area contributed by atoms with E-state index in [-0.39, 0.29) is 29.6 Å². The van der Waals surface area contributed by atoms with Crippen LogP contribution in [0.4, 0.5) is 0 Å². The van der Waals surface area contributed by atoms with Crippen LogP contribution in [0.5, 0.6) is 0 Å². The number of hydrogen-bond acceptors (Lipinski definition) is 4. The van der Waals surface area contributed by atoms with Gasteiger partial charge in [-0.3, -0.25) is 0 Å². The summed E-state index contributed by atoms with van der Waals surface area (Å²) in [5.41, 5.74) is 0. The van der Waals surface area contributed by atoms with Crippen LogP contribution >= 0.6 is 0 Å². The molecule has 0 amide bonds. The summed E-state index contributed by atoms with van der Waals surface area (Å²) >= 11 is 0. The molecule has 0 aromatic heterocycles. The Kier molecular flexibility index (Phi) is 14.9. The molecule has 0 bridgehead atoms. The van der Waals surface area contributed by atoms with Gasteiger partial charge in [0.25, 0.3) is 0 Å². The van der Waals surface area contributed by atoms with Gasteiger partial charge in [0.15, 0.2) is 0 Å². The molecule has 0 fully saturated rings. The quantitative estimate of drug-likeness (QED) is 0.515. The van der Waals surface area contributed by atoms with E-state index in [1.54, 1.807) is 0 Å². The molecule has 0 aliphatic carbocycles. The Bertz CT molecular complexity index is 185. The Morgan fingerprint density at radius 1 is 0.588 bits per heavy atom. The predicted octanol–water partition coefficient (Wildman–Crippen LogP) is 0.385. The molecule has 101 valence electrons. The Morgan fingerprint density at radius 3 is 1.06 bits per heavy atom. The maximum atomic E-state index is 10.1. The van der Waals surface area contributed by atoms with Gasteiger partial charge >= 0.3 is 16.8 Å². The Balaban J connectivity index is 0. The van der Waals surface area contributed by atoms with Crippen LogP contribution in [0, 0.1) is 0 Å². The van der Waals surface area contributed by atoms with Crippen molar-refractivity contribution in [2.45, 2.75) is 64.2 Å². The molecular formula is C12H20CoO4. The molecule has 1 radical (unpaired) electrons. The first-order chi connectivity index (χ1) is 7.63. The first-order valence-corrected chi connectivity index (χ1v) is 6.02. The van der Waals surface area contributed by atoms with E-state index >= 15 is 0 Å². The fourth-order valence-electron chi connectivity index (χ4n) is 1.60. The molecule has 0 aromatic carbocycles. The standard InChI is InChI=1S/C12H22O4.Co/c13-11(14)9-7-5-3-1-2-4-6-8-10-12(15)16;/h1-10H2,(H,13,14)(H,15,16);/q;+2/p-2. The van der Waals surface area contributed by atoms with E-state index in [4.69, 9.17) is 0 Å². The number of hydrogen-bond donors (Lipinski definition) is 0. The zero-order valence-electron chi connectivity index (χ0n) is 10.0. The molecule has 0 aliphatic heterocycles. The summed E-state index contributed by atoms with van der Waals surface area (Å²) in [4.78, 5) is 20.2. The second-order valence-electron chi connectivity index (χ2n) is 4.07. The number of carbonyl (C=O) groups is 2. The zero-order chi connectivity index (χ0) is 12.2. The van der Waals surface area contributed by atoms with Gasteiger partial charge < -0.3 is 19.8 Å². The Morgan fingerprint density at radius 2 is 0.824 bits per heavy atom. The van der Waals surface area contributed by atoms with Gasteiger partial charge in [-0.05, 0) is 25.7 Å². The molecule has 5 heteroatoms. The summed E-state index contributed by atoms with van der Waals surface area (Å²) in [6, 6.07) is 0. The Hall–Kier alpha value is -0.554. The minimum atomic E-state index is -0.970. The van der Waals surface area contributed by atoms with E-state index in [9.17, 15) is 19.8 Å². The van der Waals surface area contributed by atoms with E-state index in [1.807, 2.05) is 0 Å². The van der Waals surface area contributed by atoms with Crippen molar-refractivity contribution in [2.75, 3.05) is 0 Å². The monoisotopic (exact) mass is 287 g/mol. The van der Waals surface area contributed by atoms with Crippen molar-refractivity contribution in [3.63, 3.8) is 0 Å². The first kappa shape index (κ1) is 18.8. The van der Waals surface area contributed by atoms with E-state index in [0.717, 1.165) is 38.5 Å². The fraction of sp³-hybridized carbons (Fsp3) is 0.833. The van der Waals surface area contributed by atoms with Crippen molar-refractivity contribution in [3.8, 4) is 0 Å². The fourth-order valence-corrected chi connectivity index (χ4v) is 1.60. The molecule has 17 heavy (non-hydrogen) atoms. The van der Waals surface area contributed by atoms with Crippen LogP contribution in [0.25, 0.3) is 0 Å². The van der Waals surface area contributed by atoms with E-state index < -0.39 is 11.9 Å². The van der Waals surface area contributed by atoms with Gasteiger partial charge in [-0.15, -0.1) is 0 Å². The predicted molar refractivity (Wildman–Crippen MR) is 56.2 cm³/mol. The second kappa shape index (κ2) is 13.5. The molecule has 0 unspecified atom stereocenters. The van der Waals surface area contributed by atoms with Gasteiger partial charge in [-0.2, -0.15) is 0 Å². The van der Waals surface area contributed by atoms with Crippen LogP contribution in [0.2, 0.25) is 0 Å².